The first-order valence-electron chi connectivity index (χ1n) is 2.24. The molecule has 0 bridgehead atoms. The molecule has 5 nitrogen and oxygen atoms in total. The Morgan fingerprint density at radius 3 is 2.30 bits per heavy atom. The van der Waals surface area contributed by atoms with Gasteiger partial charge < -0.3 is 11.1 Å². The summed E-state index contributed by atoms with van der Waals surface area (Å²) in [4.78, 5) is 0. The SMILES string of the molecule is C=CNC(=N)NC(=N)N.Cl. The Hall–Kier alpha value is -1.23. The molecule has 0 saturated carbocycles. The summed E-state index contributed by atoms with van der Waals surface area (Å²) in [5.74, 6) is -0.327. The Kier molecular flexibility index (Phi) is 6.81. The van der Waals surface area contributed by atoms with Crippen molar-refractivity contribution in [3.63, 3.8) is 0 Å². The molecule has 0 rings (SSSR count). The quantitative estimate of drug-likeness (QED) is 0.268. The maximum atomic E-state index is 6.90. The zero-order valence-corrected chi connectivity index (χ0v) is 6.09. The van der Waals surface area contributed by atoms with Gasteiger partial charge in [0, 0.05) is 0 Å². The van der Waals surface area contributed by atoms with Crippen molar-refractivity contribution in [1.82, 2.24) is 10.6 Å². The summed E-state index contributed by atoms with van der Waals surface area (Å²) in [5, 5.41) is 18.2. The van der Waals surface area contributed by atoms with Crippen LogP contribution in [0.2, 0.25) is 0 Å². The van der Waals surface area contributed by atoms with E-state index >= 15 is 0 Å². The molecule has 0 unspecified atom stereocenters. The lowest BCUT2D eigenvalue weighted by molar-refractivity contribution is 1.10. The van der Waals surface area contributed by atoms with Crippen LogP contribution >= 0.6 is 12.4 Å². The Bertz CT molecular complexity index is 143. The van der Waals surface area contributed by atoms with Gasteiger partial charge in [0.1, 0.15) is 0 Å². The van der Waals surface area contributed by atoms with Crippen LogP contribution in [0.3, 0.4) is 0 Å². The number of guanidine groups is 2. The van der Waals surface area contributed by atoms with Crippen molar-refractivity contribution in [2.24, 2.45) is 5.73 Å². The Morgan fingerprint density at radius 2 is 2.00 bits per heavy atom. The minimum absolute atomic E-state index is 0. The smallest absolute Gasteiger partial charge is 0.199 e. The fraction of sp³-hybridized carbons (Fsp3) is 0. The molecule has 58 valence electrons. The van der Waals surface area contributed by atoms with Gasteiger partial charge in [0.25, 0.3) is 0 Å². The number of hydrogen-bond acceptors (Lipinski definition) is 2. The van der Waals surface area contributed by atoms with E-state index in [1.165, 1.54) is 6.20 Å². The molecule has 6 N–H and O–H groups in total. The third kappa shape index (κ3) is 6.77. The van der Waals surface area contributed by atoms with Gasteiger partial charge in [-0.3, -0.25) is 16.1 Å². The Morgan fingerprint density at radius 1 is 1.50 bits per heavy atom. The Labute approximate surface area is 65.1 Å². The molecular weight excluding hydrogens is 154 g/mol. The van der Waals surface area contributed by atoms with E-state index in [1.807, 2.05) is 0 Å². The number of halogens is 1. The van der Waals surface area contributed by atoms with E-state index in [4.69, 9.17) is 16.6 Å². The van der Waals surface area contributed by atoms with Crippen molar-refractivity contribution in [2.45, 2.75) is 0 Å². The topological polar surface area (TPSA) is 97.8 Å². The van der Waals surface area contributed by atoms with Crippen molar-refractivity contribution in [2.75, 3.05) is 0 Å². The summed E-state index contributed by atoms with van der Waals surface area (Å²) < 4.78 is 0. The second kappa shape index (κ2) is 5.90. The minimum atomic E-state index is -0.269. The Balaban J connectivity index is 0. The molecule has 0 aromatic rings. The molecule has 0 aromatic heterocycles. The molecule has 0 aliphatic carbocycles. The molecule has 10 heavy (non-hydrogen) atoms. The number of hydrogen-bond donors (Lipinski definition) is 5. The van der Waals surface area contributed by atoms with E-state index in [2.05, 4.69) is 17.2 Å². The lowest BCUT2D eigenvalue weighted by atomic mass is 10.8. The average Bonchev–Trinajstić information content (AvgIpc) is 1.63. The maximum absolute atomic E-state index is 6.90. The van der Waals surface area contributed by atoms with Gasteiger partial charge >= 0.3 is 0 Å². The van der Waals surface area contributed by atoms with E-state index in [9.17, 15) is 0 Å². The molecule has 0 aliphatic rings. The van der Waals surface area contributed by atoms with Crippen molar-refractivity contribution in [3.8, 4) is 0 Å². The van der Waals surface area contributed by atoms with Gasteiger partial charge in [0.05, 0.1) is 0 Å². The van der Waals surface area contributed by atoms with E-state index in [-0.39, 0.29) is 24.3 Å². The molecule has 0 aromatic carbocycles. The lowest BCUT2D eigenvalue weighted by Crippen LogP contribution is -2.41. The molecular formula is C4H10ClN5. The van der Waals surface area contributed by atoms with Crippen molar-refractivity contribution < 1.29 is 0 Å². The maximum Gasteiger partial charge on any atom is 0.199 e. The number of nitrogens with two attached hydrogens (primary N) is 1. The highest BCUT2D eigenvalue weighted by Gasteiger charge is 1.89. The van der Waals surface area contributed by atoms with Crippen LogP contribution in [0.4, 0.5) is 0 Å². The molecule has 0 aliphatic heterocycles. The van der Waals surface area contributed by atoms with Crippen LogP contribution in [0.15, 0.2) is 12.8 Å². The van der Waals surface area contributed by atoms with Crippen LogP contribution in [0.25, 0.3) is 0 Å². The first-order chi connectivity index (χ1) is 4.16. The average molecular weight is 164 g/mol. The third-order valence-electron chi connectivity index (χ3n) is 0.506. The monoisotopic (exact) mass is 163 g/mol. The van der Waals surface area contributed by atoms with Gasteiger partial charge in [0.15, 0.2) is 11.9 Å². The predicted octanol–water partition coefficient (Wildman–Crippen LogP) is -0.441. The molecule has 0 amide bonds. The lowest BCUT2D eigenvalue weighted by Gasteiger charge is -2.02. The van der Waals surface area contributed by atoms with Gasteiger partial charge in [-0.1, -0.05) is 6.58 Å². The zero-order chi connectivity index (χ0) is 7.28. The third-order valence-corrected chi connectivity index (χ3v) is 0.506. The van der Waals surface area contributed by atoms with Crippen LogP contribution in [0.1, 0.15) is 0 Å². The number of nitrogens with one attached hydrogen (secondary N) is 4. The van der Waals surface area contributed by atoms with E-state index in [1.54, 1.807) is 0 Å². The second-order valence-corrected chi connectivity index (χ2v) is 1.26. The summed E-state index contributed by atoms with van der Waals surface area (Å²) in [6.45, 7) is 3.30. The fourth-order valence-corrected chi connectivity index (χ4v) is 0.273. The van der Waals surface area contributed by atoms with Crippen LogP contribution in [0.5, 0.6) is 0 Å². The fourth-order valence-electron chi connectivity index (χ4n) is 0.273. The first kappa shape index (κ1) is 11.6. The van der Waals surface area contributed by atoms with Gasteiger partial charge in [0.2, 0.25) is 0 Å². The molecule has 0 fully saturated rings. The molecule has 0 atom stereocenters. The van der Waals surface area contributed by atoms with Gasteiger partial charge in [-0.05, 0) is 6.20 Å². The highest BCUT2D eigenvalue weighted by Crippen LogP contribution is 1.56. The van der Waals surface area contributed by atoms with Crippen molar-refractivity contribution >= 4 is 24.3 Å². The van der Waals surface area contributed by atoms with E-state index in [0.717, 1.165) is 0 Å². The molecule has 6 heteroatoms. The highest BCUT2D eigenvalue weighted by molar-refractivity contribution is 5.95. The summed E-state index contributed by atoms with van der Waals surface area (Å²) in [6.07, 6.45) is 1.32. The molecule has 0 heterocycles. The van der Waals surface area contributed by atoms with Crippen LogP contribution in [-0.2, 0) is 0 Å². The largest absolute Gasteiger partial charge is 0.370 e. The molecule has 0 spiro atoms. The first-order valence-corrected chi connectivity index (χ1v) is 2.24. The highest BCUT2D eigenvalue weighted by atomic mass is 35.5. The van der Waals surface area contributed by atoms with Crippen LogP contribution < -0.4 is 16.4 Å². The van der Waals surface area contributed by atoms with Gasteiger partial charge in [-0.15, -0.1) is 12.4 Å². The van der Waals surface area contributed by atoms with Gasteiger partial charge in [-0.2, -0.15) is 0 Å². The zero-order valence-electron chi connectivity index (χ0n) is 5.27. The van der Waals surface area contributed by atoms with Gasteiger partial charge in [-0.25, -0.2) is 0 Å². The summed E-state index contributed by atoms with van der Waals surface area (Å²) >= 11 is 0. The second-order valence-electron chi connectivity index (χ2n) is 1.26. The van der Waals surface area contributed by atoms with Crippen LogP contribution in [0, 0.1) is 10.8 Å². The molecule has 0 radical (unpaired) electrons. The van der Waals surface area contributed by atoms with Crippen molar-refractivity contribution in [3.05, 3.63) is 12.8 Å². The standard InChI is InChI=1S/C4H9N5.ClH/c1-2-8-4(7)9-3(5)6;/h2H,1H2,(H6,5,6,7,8,9);1H. The predicted molar refractivity (Wildman–Crippen MR) is 43.4 cm³/mol. The summed E-state index contributed by atoms with van der Waals surface area (Å²) in [6, 6.07) is 0. The summed E-state index contributed by atoms with van der Waals surface area (Å²) in [5.41, 5.74) is 4.88. The summed E-state index contributed by atoms with van der Waals surface area (Å²) in [7, 11) is 0. The van der Waals surface area contributed by atoms with E-state index in [0.29, 0.717) is 0 Å². The molecule has 0 saturated heterocycles. The minimum Gasteiger partial charge on any atom is -0.370 e. The van der Waals surface area contributed by atoms with Crippen molar-refractivity contribution in [1.29, 1.82) is 10.8 Å². The number of rotatable bonds is 1. The van der Waals surface area contributed by atoms with Crippen LogP contribution in [-0.4, -0.2) is 11.9 Å². The normalized spacial score (nSPS) is 6.80. The van der Waals surface area contributed by atoms with E-state index < -0.39 is 0 Å².